The van der Waals surface area contributed by atoms with Crippen LogP contribution in [-0.4, -0.2) is 36.2 Å². The number of fused-ring (bicyclic) bond motifs is 2. The summed E-state index contributed by atoms with van der Waals surface area (Å²) in [7, 11) is 1.74. The Labute approximate surface area is 168 Å². The van der Waals surface area contributed by atoms with Crippen molar-refractivity contribution in [2.24, 2.45) is 4.99 Å². The van der Waals surface area contributed by atoms with E-state index in [2.05, 4.69) is 57.0 Å². The van der Waals surface area contributed by atoms with E-state index in [0.29, 0.717) is 12.5 Å². The molecular formula is C22H24N4OS. The number of H-pyrrole nitrogens is 1. The Bertz CT molecular complexity index is 1030. The molecule has 6 heteroatoms. The summed E-state index contributed by atoms with van der Waals surface area (Å²) in [6, 6.07) is 20.7. The molecule has 2 aromatic heterocycles. The molecule has 0 aliphatic carbocycles. The van der Waals surface area contributed by atoms with Gasteiger partial charge in [-0.2, -0.15) is 0 Å². The zero-order valence-corrected chi connectivity index (χ0v) is 16.6. The number of hydrogen-bond donors (Lipinski definition) is 4. The highest BCUT2D eigenvalue weighted by atomic mass is 32.1. The average molecular weight is 393 g/mol. The summed E-state index contributed by atoms with van der Waals surface area (Å²) in [4.78, 5) is 8.64. The molecule has 2 heterocycles. The number of nitrogens with zero attached hydrogens (tertiary/aromatic N) is 1. The number of aliphatic hydroxyl groups excluding tert-OH is 1. The molecule has 2 aromatic carbocycles. The summed E-state index contributed by atoms with van der Waals surface area (Å²) in [5.74, 6) is 0.691. The third-order valence-electron chi connectivity index (χ3n) is 4.73. The Kier molecular flexibility index (Phi) is 5.60. The predicted molar refractivity (Wildman–Crippen MR) is 118 cm³/mol. The number of thiophene rings is 1. The lowest BCUT2D eigenvalue weighted by Crippen LogP contribution is -2.40. The number of para-hydroxylation sites is 1. The van der Waals surface area contributed by atoms with Gasteiger partial charge in [0.25, 0.3) is 0 Å². The maximum absolute atomic E-state index is 10.5. The van der Waals surface area contributed by atoms with Gasteiger partial charge in [-0.1, -0.05) is 36.4 Å². The standard InChI is InChI=1S/C22H24N4OS/c1-23-22(24-11-10-17-12-15-6-2-4-8-18(15)26-17)25-14-19(27)21-13-16-7-3-5-9-20(16)28-21/h2-9,12-13,19,26-27H,10-11,14H2,1H3,(H2,23,24,25). The molecule has 144 valence electrons. The summed E-state index contributed by atoms with van der Waals surface area (Å²) in [6.07, 6.45) is 0.304. The van der Waals surface area contributed by atoms with Crippen molar-refractivity contribution in [1.29, 1.82) is 0 Å². The molecule has 0 radical (unpaired) electrons. The third-order valence-corrected chi connectivity index (χ3v) is 5.95. The summed E-state index contributed by atoms with van der Waals surface area (Å²) < 4.78 is 1.19. The highest BCUT2D eigenvalue weighted by molar-refractivity contribution is 7.19. The Morgan fingerprint density at radius 3 is 2.64 bits per heavy atom. The van der Waals surface area contributed by atoms with Gasteiger partial charge >= 0.3 is 0 Å². The molecule has 0 saturated carbocycles. The minimum absolute atomic E-state index is 0.416. The van der Waals surface area contributed by atoms with E-state index < -0.39 is 6.10 Å². The van der Waals surface area contributed by atoms with Crippen molar-refractivity contribution in [1.82, 2.24) is 15.6 Å². The van der Waals surface area contributed by atoms with Crippen LogP contribution in [0.15, 0.2) is 65.7 Å². The highest BCUT2D eigenvalue weighted by Gasteiger charge is 2.12. The molecule has 0 amide bonds. The molecule has 4 rings (SSSR count). The molecule has 0 saturated heterocycles. The van der Waals surface area contributed by atoms with Crippen LogP contribution in [0.3, 0.4) is 0 Å². The molecule has 5 nitrogen and oxygen atoms in total. The van der Waals surface area contributed by atoms with Crippen molar-refractivity contribution in [2.45, 2.75) is 12.5 Å². The van der Waals surface area contributed by atoms with Gasteiger partial charge < -0.3 is 20.7 Å². The van der Waals surface area contributed by atoms with Crippen LogP contribution in [0, 0.1) is 0 Å². The zero-order chi connectivity index (χ0) is 19.3. The summed E-state index contributed by atoms with van der Waals surface area (Å²) >= 11 is 1.63. The number of guanidine groups is 1. The number of aromatic amines is 1. The highest BCUT2D eigenvalue weighted by Crippen LogP contribution is 2.29. The Balaban J connectivity index is 1.28. The van der Waals surface area contributed by atoms with Crippen LogP contribution in [0.25, 0.3) is 21.0 Å². The van der Waals surface area contributed by atoms with Gasteiger partial charge in [-0.3, -0.25) is 4.99 Å². The second-order valence-electron chi connectivity index (χ2n) is 6.71. The minimum Gasteiger partial charge on any atom is -0.386 e. The van der Waals surface area contributed by atoms with Crippen molar-refractivity contribution in [3.05, 3.63) is 71.2 Å². The SMILES string of the molecule is CN=C(NCCc1cc2ccccc2[nH]1)NCC(O)c1cc2ccccc2s1. The van der Waals surface area contributed by atoms with E-state index in [9.17, 15) is 5.11 Å². The lowest BCUT2D eigenvalue weighted by atomic mass is 10.2. The van der Waals surface area contributed by atoms with Crippen LogP contribution < -0.4 is 10.6 Å². The van der Waals surface area contributed by atoms with Gasteiger partial charge in [-0.25, -0.2) is 0 Å². The van der Waals surface area contributed by atoms with Crippen LogP contribution in [0.4, 0.5) is 0 Å². The van der Waals surface area contributed by atoms with Crippen LogP contribution in [-0.2, 0) is 6.42 Å². The van der Waals surface area contributed by atoms with Crippen molar-refractivity contribution < 1.29 is 5.11 Å². The van der Waals surface area contributed by atoms with Crippen LogP contribution in [0.1, 0.15) is 16.7 Å². The fourth-order valence-electron chi connectivity index (χ4n) is 3.26. The molecular weight excluding hydrogens is 368 g/mol. The second kappa shape index (κ2) is 8.46. The Hall–Kier alpha value is -2.83. The van der Waals surface area contributed by atoms with Gasteiger partial charge in [0.1, 0.15) is 6.10 Å². The minimum atomic E-state index is -0.565. The van der Waals surface area contributed by atoms with Crippen molar-refractivity contribution in [2.75, 3.05) is 20.1 Å². The molecule has 0 aliphatic heterocycles. The first-order chi connectivity index (χ1) is 13.7. The molecule has 28 heavy (non-hydrogen) atoms. The van der Waals surface area contributed by atoms with Crippen LogP contribution in [0.5, 0.6) is 0 Å². The van der Waals surface area contributed by atoms with Crippen molar-refractivity contribution >= 4 is 38.3 Å². The number of aliphatic hydroxyl groups is 1. The van der Waals surface area contributed by atoms with Gasteiger partial charge in [0.2, 0.25) is 0 Å². The molecule has 0 spiro atoms. The second-order valence-corrected chi connectivity index (χ2v) is 7.83. The zero-order valence-electron chi connectivity index (χ0n) is 15.8. The molecule has 0 fully saturated rings. The number of benzene rings is 2. The maximum Gasteiger partial charge on any atom is 0.191 e. The fraction of sp³-hybridized carbons (Fsp3) is 0.227. The smallest absolute Gasteiger partial charge is 0.191 e. The van der Waals surface area contributed by atoms with Gasteiger partial charge in [-0.15, -0.1) is 11.3 Å². The van der Waals surface area contributed by atoms with E-state index in [-0.39, 0.29) is 0 Å². The number of nitrogens with one attached hydrogen (secondary N) is 3. The average Bonchev–Trinajstić information content (AvgIpc) is 3.33. The molecule has 0 bridgehead atoms. The summed E-state index contributed by atoms with van der Waals surface area (Å²) in [5, 5.41) is 19.4. The first-order valence-corrected chi connectivity index (χ1v) is 10.2. The van der Waals surface area contributed by atoms with E-state index in [0.717, 1.165) is 23.4 Å². The lowest BCUT2D eigenvalue weighted by Gasteiger charge is -2.14. The Morgan fingerprint density at radius 1 is 1.07 bits per heavy atom. The molecule has 4 N–H and O–H groups in total. The third kappa shape index (κ3) is 4.18. The number of hydrogen-bond acceptors (Lipinski definition) is 3. The first-order valence-electron chi connectivity index (χ1n) is 9.40. The van der Waals surface area contributed by atoms with Gasteiger partial charge in [0, 0.05) is 47.3 Å². The normalized spacial score (nSPS) is 13.1. The van der Waals surface area contributed by atoms with E-state index in [1.807, 2.05) is 24.3 Å². The molecule has 1 atom stereocenters. The predicted octanol–water partition coefficient (Wildman–Crippen LogP) is 3.82. The van der Waals surface area contributed by atoms with Gasteiger partial charge in [0.05, 0.1) is 0 Å². The van der Waals surface area contributed by atoms with Gasteiger partial charge in [0.15, 0.2) is 5.96 Å². The maximum atomic E-state index is 10.5. The Morgan fingerprint density at radius 2 is 1.86 bits per heavy atom. The summed E-state index contributed by atoms with van der Waals surface area (Å²) in [5.41, 5.74) is 2.35. The molecule has 1 unspecified atom stereocenters. The van der Waals surface area contributed by atoms with E-state index in [1.165, 1.54) is 21.2 Å². The summed E-state index contributed by atoms with van der Waals surface area (Å²) in [6.45, 7) is 1.17. The lowest BCUT2D eigenvalue weighted by molar-refractivity contribution is 0.184. The van der Waals surface area contributed by atoms with E-state index >= 15 is 0 Å². The van der Waals surface area contributed by atoms with E-state index in [1.54, 1.807) is 18.4 Å². The van der Waals surface area contributed by atoms with Crippen molar-refractivity contribution in [3.63, 3.8) is 0 Å². The number of aromatic nitrogens is 1. The molecule has 0 aliphatic rings. The van der Waals surface area contributed by atoms with Crippen LogP contribution >= 0.6 is 11.3 Å². The quantitative estimate of drug-likeness (QED) is 0.298. The fourth-order valence-corrected chi connectivity index (χ4v) is 4.32. The number of rotatable bonds is 6. The topological polar surface area (TPSA) is 72.4 Å². The van der Waals surface area contributed by atoms with Crippen LogP contribution in [0.2, 0.25) is 0 Å². The van der Waals surface area contributed by atoms with E-state index in [4.69, 9.17) is 0 Å². The molecule has 4 aromatic rings. The van der Waals surface area contributed by atoms with Crippen molar-refractivity contribution in [3.8, 4) is 0 Å². The monoisotopic (exact) mass is 392 g/mol. The van der Waals surface area contributed by atoms with Gasteiger partial charge in [-0.05, 0) is 35.0 Å². The number of aliphatic imine (C=N–C) groups is 1. The first kappa shape index (κ1) is 18.5. The largest absolute Gasteiger partial charge is 0.386 e.